The van der Waals surface area contributed by atoms with Crippen molar-refractivity contribution in [2.45, 2.75) is 38.6 Å². The first kappa shape index (κ1) is 13.5. The van der Waals surface area contributed by atoms with Crippen LogP contribution in [0.15, 0.2) is 12.4 Å². The summed E-state index contributed by atoms with van der Waals surface area (Å²) in [4.78, 5) is 23.2. The molecule has 20 heavy (non-hydrogen) atoms. The first-order valence-electron chi connectivity index (χ1n) is 7.48. The molecule has 1 atom stereocenters. The van der Waals surface area contributed by atoms with Gasteiger partial charge in [0, 0.05) is 30.9 Å². The van der Waals surface area contributed by atoms with Gasteiger partial charge in [-0.3, -0.25) is 4.79 Å². The van der Waals surface area contributed by atoms with Crippen molar-refractivity contribution in [1.29, 1.82) is 0 Å². The van der Waals surface area contributed by atoms with Gasteiger partial charge >= 0.3 is 0 Å². The predicted molar refractivity (Wildman–Crippen MR) is 76.5 cm³/mol. The normalized spacial score (nSPS) is 28.6. The quantitative estimate of drug-likeness (QED) is 0.905. The molecule has 0 saturated carbocycles. The lowest BCUT2D eigenvalue weighted by molar-refractivity contribution is 0.0620. The molecule has 5 heteroatoms. The molecule has 2 bridgehead atoms. The fourth-order valence-corrected chi connectivity index (χ4v) is 3.13. The third kappa shape index (κ3) is 2.68. The molecule has 0 aromatic carbocycles. The highest BCUT2D eigenvalue weighted by atomic mass is 16.1. The minimum atomic E-state index is -0.0425. The van der Waals surface area contributed by atoms with E-state index in [9.17, 15) is 4.79 Å². The molecule has 0 spiro atoms. The summed E-state index contributed by atoms with van der Waals surface area (Å²) < 4.78 is 0. The van der Waals surface area contributed by atoms with Gasteiger partial charge in [-0.25, -0.2) is 9.97 Å². The fourth-order valence-electron chi connectivity index (χ4n) is 3.13. The van der Waals surface area contributed by atoms with E-state index in [1.807, 2.05) is 13.8 Å². The minimum absolute atomic E-state index is 0.0425. The van der Waals surface area contributed by atoms with Crippen LogP contribution in [0, 0.1) is 5.92 Å². The van der Waals surface area contributed by atoms with Crippen molar-refractivity contribution in [3.63, 3.8) is 0 Å². The van der Waals surface area contributed by atoms with Gasteiger partial charge in [0.05, 0.1) is 5.56 Å². The second-order valence-corrected chi connectivity index (χ2v) is 6.20. The largest absolute Gasteiger partial charge is 0.348 e. The van der Waals surface area contributed by atoms with E-state index in [-0.39, 0.29) is 17.9 Å². The molecule has 3 aliphatic rings. The number of amides is 1. The fraction of sp³-hybridized carbons (Fsp3) is 0.667. The van der Waals surface area contributed by atoms with E-state index >= 15 is 0 Å². The second-order valence-electron chi connectivity index (χ2n) is 6.20. The van der Waals surface area contributed by atoms with Gasteiger partial charge in [-0.2, -0.15) is 0 Å². The maximum absolute atomic E-state index is 12.3. The molecule has 4 heterocycles. The topological polar surface area (TPSA) is 58.1 Å². The van der Waals surface area contributed by atoms with Crippen molar-refractivity contribution >= 4 is 5.91 Å². The lowest BCUT2D eigenvalue weighted by Crippen LogP contribution is -2.57. The molecule has 3 aliphatic heterocycles. The number of piperidine rings is 3. The average Bonchev–Trinajstić information content (AvgIpc) is 2.48. The van der Waals surface area contributed by atoms with Crippen LogP contribution in [-0.4, -0.2) is 46.5 Å². The van der Waals surface area contributed by atoms with E-state index in [0.717, 1.165) is 12.4 Å². The molecule has 1 amide bonds. The summed E-state index contributed by atoms with van der Waals surface area (Å²) in [5, 5.41) is 3.15. The highest BCUT2D eigenvalue weighted by Gasteiger charge is 2.34. The number of nitrogens with one attached hydrogen (secondary N) is 1. The average molecular weight is 274 g/mol. The minimum Gasteiger partial charge on any atom is -0.348 e. The van der Waals surface area contributed by atoms with E-state index in [1.54, 1.807) is 12.4 Å². The third-order valence-corrected chi connectivity index (χ3v) is 4.42. The monoisotopic (exact) mass is 274 g/mol. The summed E-state index contributed by atoms with van der Waals surface area (Å²) in [7, 11) is 0. The Morgan fingerprint density at radius 2 is 1.95 bits per heavy atom. The summed E-state index contributed by atoms with van der Waals surface area (Å²) in [5.41, 5.74) is 0.561. The van der Waals surface area contributed by atoms with Gasteiger partial charge < -0.3 is 10.2 Å². The van der Waals surface area contributed by atoms with Crippen LogP contribution in [0.3, 0.4) is 0 Å². The Morgan fingerprint density at radius 1 is 1.30 bits per heavy atom. The Hall–Kier alpha value is -1.49. The number of nitrogens with zero attached hydrogens (tertiary/aromatic N) is 3. The molecule has 108 valence electrons. The first-order chi connectivity index (χ1) is 9.63. The highest BCUT2D eigenvalue weighted by Crippen LogP contribution is 2.27. The van der Waals surface area contributed by atoms with Gasteiger partial charge in [-0.1, -0.05) is 13.8 Å². The van der Waals surface area contributed by atoms with Crippen LogP contribution >= 0.6 is 0 Å². The predicted octanol–water partition coefficient (Wildman–Crippen LogP) is 1.42. The standard InChI is InChI=1S/C15H22N4O/c1-10(2)14-16-7-12(8-17-14)15(20)18-13-9-19-5-3-11(13)4-6-19/h7-8,10-11,13H,3-6,9H2,1-2H3,(H,18,20)/t13-/m1/s1. The third-order valence-electron chi connectivity index (χ3n) is 4.42. The van der Waals surface area contributed by atoms with E-state index in [2.05, 4.69) is 20.2 Å². The second kappa shape index (κ2) is 5.48. The van der Waals surface area contributed by atoms with E-state index in [0.29, 0.717) is 11.5 Å². The zero-order chi connectivity index (χ0) is 14.1. The van der Waals surface area contributed by atoms with Gasteiger partial charge in [0.15, 0.2) is 0 Å². The Bertz CT molecular complexity index is 477. The molecule has 0 aliphatic carbocycles. The van der Waals surface area contributed by atoms with Crippen molar-refractivity contribution < 1.29 is 4.79 Å². The lowest BCUT2D eigenvalue weighted by Gasteiger charge is -2.44. The van der Waals surface area contributed by atoms with Crippen molar-refractivity contribution in [3.05, 3.63) is 23.8 Å². The van der Waals surface area contributed by atoms with Crippen LogP contribution < -0.4 is 5.32 Å². The number of rotatable bonds is 3. The smallest absolute Gasteiger partial charge is 0.254 e. The van der Waals surface area contributed by atoms with Gasteiger partial charge in [-0.15, -0.1) is 0 Å². The molecule has 3 saturated heterocycles. The number of hydrogen-bond donors (Lipinski definition) is 1. The summed E-state index contributed by atoms with van der Waals surface area (Å²) in [6.45, 7) is 7.44. The summed E-state index contributed by atoms with van der Waals surface area (Å²) in [6, 6.07) is 0.287. The van der Waals surface area contributed by atoms with E-state index in [4.69, 9.17) is 0 Å². The Labute approximate surface area is 119 Å². The number of hydrogen-bond acceptors (Lipinski definition) is 4. The highest BCUT2D eigenvalue weighted by molar-refractivity contribution is 5.93. The SMILES string of the molecule is CC(C)c1ncc(C(=O)N[C@@H]2CN3CCC2CC3)cn1. The summed E-state index contributed by atoms with van der Waals surface area (Å²) in [6.07, 6.45) is 5.68. The Balaban J connectivity index is 1.64. The van der Waals surface area contributed by atoms with Crippen molar-refractivity contribution in [2.75, 3.05) is 19.6 Å². The van der Waals surface area contributed by atoms with Gasteiger partial charge in [0.1, 0.15) is 5.82 Å². The van der Waals surface area contributed by atoms with Crippen molar-refractivity contribution in [2.24, 2.45) is 5.92 Å². The molecule has 1 aromatic heterocycles. The van der Waals surface area contributed by atoms with Crippen molar-refractivity contribution in [3.8, 4) is 0 Å². The molecule has 4 rings (SSSR count). The van der Waals surface area contributed by atoms with Gasteiger partial charge in [-0.05, 0) is 31.8 Å². The number of aromatic nitrogens is 2. The van der Waals surface area contributed by atoms with Gasteiger partial charge in [0.25, 0.3) is 5.91 Å². The Kier molecular flexibility index (Phi) is 3.70. The summed E-state index contributed by atoms with van der Waals surface area (Å²) in [5.74, 6) is 1.66. The molecule has 3 fully saturated rings. The molecule has 5 nitrogen and oxygen atoms in total. The van der Waals surface area contributed by atoms with Crippen LogP contribution in [0.5, 0.6) is 0 Å². The molecule has 1 N–H and O–H groups in total. The van der Waals surface area contributed by atoms with E-state index < -0.39 is 0 Å². The lowest BCUT2D eigenvalue weighted by atomic mass is 9.84. The van der Waals surface area contributed by atoms with Crippen LogP contribution in [-0.2, 0) is 0 Å². The number of carbonyl (C=O) groups excluding carboxylic acids is 1. The van der Waals surface area contributed by atoms with E-state index in [1.165, 1.54) is 25.9 Å². The number of carbonyl (C=O) groups is 1. The maximum Gasteiger partial charge on any atom is 0.254 e. The summed E-state index contributed by atoms with van der Waals surface area (Å²) >= 11 is 0. The first-order valence-corrected chi connectivity index (χ1v) is 7.48. The van der Waals surface area contributed by atoms with Crippen LogP contribution in [0.25, 0.3) is 0 Å². The number of fused-ring (bicyclic) bond motifs is 3. The van der Waals surface area contributed by atoms with Crippen LogP contribution in [0.2, 0.25) is 0 Å². The zero-order valence-corrected chi connectivity index (χ0v) is 12.2. The molecule has 0 unspecified atom stereocenters. The van der Waals surface area contributed by atoms with Crippen LogP contribution in [0.1, 0.15) is 48.8 Å². The molecule has 1 aromatic rings. The van der Waals surface area contributed by atoms with Gasteiger partial charge in [0.2, 0.25) is 0 Å². The van der Waals surface area contributed by atoms with Crippen LogP contribution in [0.4, 0.5) is 0 Å². The van der Waals surface area contributed by atoms with Crippen molar-refractivity contribution in [1.82, 2.24) is 20.2 Å². The Morgan fingerprint density at radius 3 is 2.45 bits per heavy atom. The molecular formula is C15H22N4O. The molecular weight excluding hydrogens is 252 g/mol. The maximum atomic E-state index is 12.3. The molecule has 0 radical (unpaired) electrons. The zero-order valence-electron chi connectivity index (χ0n) is 12.2.